The van der Waals surface area contributed by atoms with Gasteiger partial charge >= 0.3 is 0 Å². The van der Waals surface area contributed by atoms with Crippen molar-refractivity contribution in [3.63, 3.8) is 0 Å². The maximum atomic E-state index is 12.3. The maximum absolute atomic E-state index is 12.3. The van der Waals surface area contributed by atoms with E-state index in [1.165, 1.54) is 7.11 Å². The fourth-order valence-electron chi connectivity index (χ4n) is 3.59. The standard InChI is InChI=1S/C19H25N5O4/c1-26-18-9-15(28-23-18)4-5-17(25)21-14-3-2-7-24(11-14)19-20-10-13-12-27-8-6-16(13)22-19/h9-10,14H,2-8,11-12H2,1H3,(H,21,25). The van der Waals surface area contributed by atoms with Gasteiger partial charge in [-0.15, -0.1) is 0 Å². The molecule has 1 fully saturated rings. The van der Waals surface area contributed by atoms with Crippen molar-refractivity contribution in [2.24, 2.45) is 0 Å². The highest BCUT2D eigenvalue weighted by Crippen LogP contribution is 2.20. The second-order valence-corrected chi connectivity index (χ2v) is 7.13. The van der Waals surface area contributed by atoms with Crippen LogP contribution in [0.4, 0.5) is 5.95 Å². The third kappa shape index (κ3) is 4.41. The molecule has 1 unspecified atom stereocenters. The van der Waals surface area contributed by atoms with Crippen molar-refractivity contribution >= 4 is 11.9 Å². The SMILES string of the molecule is COc1cc(CCC(=O)NC2CCCN(c3ncc4c(n3)CCOC4)C2)on1. The zero-order chi connectivity index (χ0) is 19.3. The Balaban J connectivity index is 1.30. The smallest absolute Gasteiger partial charge is 0.254 e. The van der Waals surface area contributed by atoms with E-state index < -0.39 is 0 Å². The second kappa shape index (κ2) is 8.55. The van der Waals surface area contributed by atoms with Gasteiger partial charge in [-0.1, -0.05) is 0 Å². The molecule has 4 rings (SSSR count). The first-order valence-corrected chi connectivity index (χ1v) is 9.67. The van der Waals surface area contributed by atoms with E-state index in [-0.39, 0.29) is 11.9 Å². The number of carbonyl (C=O) groups excluding carboxylic acids is 1. The number of piperidine rings is 1. The number of hydrogen-bond acceptors (Lipinski definition) is 8. The number of anilines is 1. The molecule has 9 nitrogen and oxygen atoms in total. The summed E-state index contributed by atoms with van der Waals surface area (Å²) in [5, 5.41) is 6.87. The number of rotatable bonds is 6. The van der Waals surface area contributed by atoms with Crippen LogP contribution in [0.1, 0.15) is 36.3 Å². The van der Waals surface area contributed by atoms with Crippen LogP contribution in [0.2, 0.25) is 0 Å². The number of aromatic nitrogens is 3. The monoisotopic (exact) mass is 387 g/mol. The normalized spacial score (nSPS) is 19.2. The second-order valence-electron chi connectivity index (χ2n) is 7.13. The number of aryl methyl sites for hydroxylation is 1. The number of nitrogens with zero attached hydrogens (tertiary/aromatic N) is 4. The first-order chi connectivity index (χ1) is 13.7. The molecule has 1 amide bonds. The van der Waals surface area contributed by atoms with Crippen molar-refractivity contribution < 1.29 is 18.8 Å². The highest BCUT2D eigenvalue weighted by molar-refractivity contribution is 5.76. The average Bonchev–Trinajstić information content (AvgIpc) is 3.20. The van der Waals surface area contributed by atoms with Crippen LogP contribution in [-0.2, 0) is 29.0 Å². The molecular weight excluding hydrogens is 362 g/mol. The summed E-state index contributed by atoms with van der Waals surface area (Å²) in [5.41, 5.74) is 2.14. The van der Waals surface area contributed by atoms with E-state index in [9.17, 15) is 4.79 Å². The number of methoxy groups -OCH3 is 1. The van der Waals surface area contributed by atoms with Gasteiger partial charge in [0.05, 0.1) is 26.0 Å². The lowest BCUT2D eigenvalue weighted by atomic mass is 10.1. The van der Waals surface area contributed by atoms with Crippen molar-refractivity contribution in [2.45, 2.75) is 44.8 Å². The number of amides is 1. The Bertz CT molecular complexity index is 824. The Morgan fingerprint density at radius 1 is 1.46 bits per heavy atom. The van der Waals surface area contributed by atoms with Crippen molar-refractivity contribution in [1.82, 2.24) is 20.4 Å². The molecule has 0 spiro atoms. The van der Waals surface area contributed by atoms with Gasteiger partial charge in [-0.25, -0.2) is 9.97 Å². The number of nitrogens with one attached hydrogen (secondary N) is 1. The summed E-state index contributed by atoms with van der Waals surface area (Å²) in [5.74, 6) is 1.82. The molecule has 2 aromatic heterocycles. The number of fused-ring (bicyclic) bond motifs is 1. The lowest BCUT2D eigenvalue weighted by molar-refractivity contribution is -0.121. The Morgan fingerprint density at radius 2 is 2.39 bits per heavy atom. The Kier molecular flexibility index (Phi) is 5.70. The fraction of sp³-hybridized carbons (Fsp3) is 0.579. The summed E-state index contributed by atoms with van der Waals surface area (Å²) in [7, 11) is 1.53. The summed E-state index contributed by atoms with van der Waals surface area (Å²) in [6.07, 6.45) is 5.49. The minimum absolute atomic E-state index is 0.00530. The van der Waals surface area contributed by atoms with E-state index in [1.54, 1.807) is 6.07 Å². The van der Waals surface area contributed by atoms with Crippen LogP contribution < -0.4 is 15.0 Å². The summed E-state index contributed by atoms with van der Waals surface area (Å²) >= 11 is 0. The highest BCUT2D eigenvalue weighted by atomic mass is 16.5. The molecule has 2 aromatic rings. The summed E-state index contributed by atoms with van der Waals surface area (Å²) in [6, 6.07) is 1.79. The van der Waals surface area contributed by atoms with Gasteiger partial charge in [0.1, 0.15) is 5.76 Å². The van der Waals surface area contributed by atoms with E-state index in [0.29, 0.717) is 37.7 Å². The minimum Gasteiger partial charge on any atom is -0.479 e. The van der Waals surface area contributed by atoms with Gasteiger partial charge in [-0.05, 0) is 18.0 Å². The van der Waals surface area contributed by atoms with E-state index in [4.69, 9.17) is 19.0 Å². The first kappa shape index (κ1) is 18.7. The van der Waals surface area contributed by atoms with Crippen molar-refractivity contribution in [1.29, 1.82) is 0 Å². The summed E-state index contributed by atoms with van der Waals surface area (Å²) in [4.78, 5) is 23.7. The lowest BCUT2D eigenvalue weighted by Crippen LogP contribution is -2.48. The molecule has 4 heterocycles. The van der Waals surface area contributed by atoms with E-state index in [0.717, 1.165) is 49.6 Å². The van der Waals surface area contributed by atoms with Gasteiger partial charge in [0.25, 0.3) is 5.88 Å². The zero-order valence-corrected chi connectivity index (χ0v) is 16.0. The van der Waals surface area contributed by atoms with E-state index in [1.807, 2.05) is 6.20 Å². The summed E-state index contributed by atoms with van der Waals surface area (Å²) in [6.45, 7) is 2.92. The molecule has 0 bridgehead atoms. The Morgan fingerprint density at radius 3 is 3.25 bits per heavy atom. The quantitative estimate of drug-likeness (QED) is 0.790. The molecule has 150 valence electrons. The van der Waals surface area contributed by atoms with Crippen LogP contribution in [0.3, 0.4) is 0 Å². The first-order valence-electron chi connectivity index (χ1n) is 9.67. The van der Waals surface area contributed by atoms with Gasteiger partial charge in [0.15, 0.2) is 0 Å². The van der Waals surface area contributed by atoms with Gasteiger partial charge in [-0.3, -0.25) is 4.79 Å². The summed E-state index contributed by atoms with van der Waals surface area (Å²) < 4.78 is 15.6. The predicted molar refractivity (Wildman–Crippen MR) is 100 cm³/mol. The molecule has 1 atom stereocenters. The molecule has 1 N–H and O–H groups in total. The van der Waals surface area contributed by atoms with Crippen molar-refractivity contribution in [3.8, 4) is 5.88 Å². The minimum atomic E-state index is 0.00530. The van der Waals surface area contributed by atoms with Crippen molar-refractivity contribution in [3.05, 3.63) is 29.3 Å². The van der Waals surface area contributed by atoms with E-state index >= 15 is 0 Å². The predicted octanol–water partition coefficient (Wildman–Crippen LogP) is 1.26. The molecule has 2 aliphatic heterocycles. The van der Waals surface area contributed by atoms with Crippen LogP contribution in [0.15, 0.2) is 16.8 Å². The number of carbonyl (C=O) groups is 1. The van der Waals surface area contributed by atoms with Gasteiger partial charge in [0.2, 0.25) is 11.9 Å². The molecule has 0 saturated carbocycles. The van der Waals surface area contributed by atoms with Crippen LogP contribution in [-0.4, -0.2) is 53.9 Å². The molecule has 0 radical (unpaired) electrons. The number of ether oxygens (including phenoxy) is 2. The molecule has 0 aromatic carbocycles. The van der Waals surface area contributed by atoms with Crippen LogP contribution in [0.5, 0.6) is 5.88 Å². The van der Waals surface area contributed by atoms with Crippen LogP contribution in [0, 0.1) is 0 Å². The highest BCUT2D eigenvalue weighted by Gasteiger charge is 2.24. The topological polar surface area (TPSA) is 103 Å². The molecule has 28 heavy (non-hydrogen) atoms. The fourth-order valence-corrected chi connectivity index (χ4v) is 3.59. The molecule has 0 aliphatic carbocycles. The molecule has 9 heteroatoms. The Hall–Kier alpha value is -2.68. The zero-order valence-electron chi connectivity index (χ0n) is 16.0. The molecule has 2 aliphatic rings. The lowest BCUT2D eigenvalue weighted by Gasteiger charge is -2.33. The molecular formula is C19H25N5O4. The van der Waals surface area contributed by atoms with Gasteiger partial charge in [-0.2, -0.15) is 0 Å². The van der Waals surface area contributed by atoms with Gasteiger partial charge < -0.3 is 24.2 Å². The van der Waals surface area contributed by atoms with Gasteiger partial charge in [0, 0.05) is 56.2 Å². The maximum Gasteiger partial charge on any atom is 0.254 e. The van der Waals surface area contributed by atoms with Crippen LogP contribution >= 0.6 is 0 Å². The van der Waals surface area contributed by atoms with Crippen LogP contribution in [0.25, 0.3) is 0 Å². The Labute approximate surface area is 163 Å². The molecule has 1 saturated heterocycles. The van der Waals surface area contributed by atoms with Crippen molar-refractivity contribution in [2.75, 3.05) is 31.7 Å². The average molecular weight is 387 g/mol. The van der Waals surface area contributed by atoms with E-state index in [2.05, 4.69) is 20.4 Å². The third-order valence-corrected chi connectivity index (χ3v) is 5.10. The third-order valence-electron chi connectivity index (χ3n) is 5.10. The largest absolute Gasteiger partial charge is 0.479 e. The number of hydrogen-bond donors (Lipinski definition) is 1.